The van der Waals surface area contributed by atoms with Crippen molar-refractivity contribution in [2.24, 2.45) is 10.9 Å². The predicted molar refractivity (Wildman–Crippen MR) is 123 cm³/mol. The van der Waals surface area contributed by atoms with Gasteiger partial charge in [0.2, 0.25) is 0 Å². The fourth-order valence-corrected chi connectivity index (χ4v) is 4.08. The van der Waals surface area contributed by atoms with Gasteiger partial charge in [0, 0.05) is 44.2 Å². The quantitative estimate of drug-likeness (QED) is 0.519. The molecule has 0 spiro atoms. The molecule has 0 saturated carbocycles. The van der Waals surface area contributed by atoms with Crippen molar-refractivity contribution in [1.82, 2.24) is 10.2 Å². The van der Waals surface area contributed by atoms with E-state index < -0.39 is 0 Å². The zero-order valence-electron chi connectivity index (χ0n) is 18.4. The van der Waals surface area contributed by atoms with Gasteiger partial charge in [-0.05, 0) is 56.1 Å². The first kappa shape index (κ1) is 21.6. The van der Waals surface area contributed by atoms with E-state index in [1.807, 2.05) is 30.3 Å². The third-order valence-corrected chi connectivity index (χ3v) is 5.81. The minimum atomic E-state index is 0.598. The molecule has 1 unspecified atom stereocenters. The summed E-state index contributed by atoms with van der Waals surface area (Å²) in [6.07, 6.45) is 5.91. The normalized spacial score (nSPS) is 19.6. The molecule has 0 bridgehead atoms. The van der Waals surface area contributed by atoms with E-state index in [4.69, 9.17) is 18.9 Å². The van der Waals surface area contributed by atoms with Crippen LogP contribution in [0.3, 0.4) is 0 Å². The Kier molecular flexibility index (Phi) is 7.71. The van der Waals surface area contributed by atoms with Gasteiger partial charge in [-0.1, -0.05) is 6.92 Å². The van der Waals surface area contributed by atoms with Gasteiger partial charge >= 0.3 is 0 Å². The van der Waals surface area contributed by atoms with Crippen molar-refractivity contribution in [2.75, 3.05) is 51.3 Å². The predicted octanol–water partition coefficient (Wildman–Crippen LogP) is 3.77. The van der Waals surface area contributed by atoms with E-state index in [0.717, 1.165) is 67.9 Å². The average Bonchev–Trinajstić information content (AvgIpc) is 3.21. The van der Waals surface area contributed by atoms with Crippen molar-refractivity contribution < 1.29 is 13.9 Å². The number of nitrogens with one attached hydrogen (secondary N) is 2. The summed E-state index contributed by atoms with van der Waals surface area (Å²) in [6.45, 7) is 8.62. The first-order valence-corrected chi connectivity index (χ1v) is 11.5. The van der Waals surface area contributed by atoms with Crippen LogP contribution in [0.25, 0.3) is 0 Å². The molecule has 7 heteroatoms. The molecule has 1 aromatic carbocycles. The summed E-state index contributed by atoms with van der Waals surface area (Å²) in [5.74, 6) is 3.93. The highest BCUT2D eigenvalue weighted by molar-refractivity contribution is 5.94. The van der Waals surface area contributed by atoms with E-state index in [0.29, 0.717) is 19.1 Å². The van der Waals surface area contributed by atoms with Crippen LogP contribution in [-0.2, 0) is 6.42 Å². The number of furan rings is 1. The number of rotatable bonds is 7. The monoisotopic (exact) mass is 426 g/mol. The minimum absolute atomic E-state index is 0.598. The second kappa shape index (κ2) is 11.1. The first-order valence-electron chi connectivity index (χ1n) is 11.5. The summed E-state index contributed by atoms with van der Waals surface area (Å²) in [6, 6.07) is 9.88. The third kappa shape index (κ3) is 6.40. The Morgan fingerprint density at radius 2 is 2.06 bits per heavy atom. The van der Waals surface area contributed by atoms with Gasteiger partial charge in [0.1, 0.15) is 5.76 Å². The molecule has 0 radical (unpaired) electrons. The number of benzene rings is 1. The number of anilines is 1. The number of likely N-dealkylation sites (tertiary alicyclic amines) is 1. The number of piperidine rings is 1. The molecule has 2 aromatic rings. The SMILES string of the molecule is CCN1CCCC(CN=C(NCCc2ccco2)Nc2ccc3c(c2)OCCCO3)C1. The molecule has 1 fully saturated rings. The topological polar surface area (TPSA) is 71.3 Å². The molecule has 1 atom stereocenters. The molecule has 2 aliphatic rings. The van der Waals surface area contributed by atoms with Gasteiger partial charge in [0.25, 0.3) is 0 Å². The van der Waals surface area contributed by atoms with Crippen molar-refractivity contribution in [1.29, 1.82) is 0 Å². The molecule has 1 aromatic heterocycles. The van der Waals surface area contributed by atoms with Crippen LogP contribution in [0.15, 0.2) is 46.0 Å². The van der Waals surface area contributed by atoms with Crippen LogP contribution in [0.2, 0.25) is 0 Å². The number of ether oxygens (including phenoxy) is 2. The van der Waals surface area contributed by atoms with Crippen molar-refractivity contribution in [3.63, 3.8) is 0 Å². The van der Waals surface area contributed by atoms with Gasteiger partial charge in [0.05, 0.1) is 19.5 Å². The molecule has 2 N–H and O–H groups in total. The number of aliphatic imine (C=N–C) groups is 1. The Morgan fingerprint density at radius 1 is 1.16 bits per heavy atom. The molecular formula is C24H34N4O3. The summed E-state index contributed by atoms with van der Waals surface area (Å²) in [7, 11) is 0. The second-order valence-electron chi connectivity index (χ2n) is 8.18. The van der Waals surface area contributed by atoms with Gasteiger partial charge in [-0.2, -0.15) is 0 Å². The Morgan fingerprint density at radius 3 is 2.90 bits per heavy atom. The highest BCUT2D eigenvalue weighted by Crippen LogP contribution is 2.32. The first-order chi connectivity index (χ1) is 15.3. The lowest BCUT2D eigenvalue weighted by Crippen LogP contribution is -2.37. The fourth-order valence-electron chi connectivity index (χ4n) is 4.08. The van der Waals surface area contributed by atoms with E-state index in [-0.39, 0.29) is 0 Å². The summed E-state index contributed by atoms with van der Waals surface area (Å²) in [5.41, 5.74) is 0.937. The summed E-state index contributed by atoms with van der Waals surface area (Å²) >= 11 is 0. The van der Waals surface area contributed by atoms with Crippen molar-refractivity contribution in [3.8, 4) is 11.5 Å². The van der Waals surface area contributed by atoms with Gasteiger partial charge in [0.15, 0.2) is 17.5 Å². The lowest BCUT2D eigenvalue weighted by molar-refractivity contribution is 0.187. The lowest BCUT2D eigenvalue weighted by atomic mass is 9.98. The Labute approximate surface area is 184 Å². The standard InChI is InChI=1S/C24H34N4O3/c1-2-28-12-3-6-19(18-28)17-26-24(25-11-10-21-7-4-13-29-21)27-20-8-9-22-23(16-20)31-15-5-14-30-22/h4,7-9,13,16,19H,2-3,5-6,10-12,14-15,17-18H2,1H3,(H2,25,26,27). The number of nitrogens with zero attached hydrogens (tertiary/aromatic N) is 2. The number of hydrogen-bond acceptors (Lipinski definition) is 5. The van der Waals surface area contributed by atoms with Gasteiger partial charge < -0.3 is 29.4 Å². The number of guanidine groups is 1. The van der Waals surface area contributed by atoms with E-state index >= 15 is 0 Å². The van der Waals surface area contributed by atoms with Crippen LogP contribution in [-0.4, -0.2) is 56.8 Å². The molecule has 7 nitrogen and oxygen atoms in total. The largest absolute Gasteiger partial charge is 0.490 e. The van der Waals surface area contributed by atoms with Gasteiger partial charge in [-0.3, -0.25) is 4.99 Å². The summed E-state index contributed by atoms with van der Waals surface area (Å²) in [5, 5.41) is 6.91. The number of fused-ring (bicyclic) bond motifs is 1. The van der Waals surface area contributed by atoms with E-state index in [1.165, 1.54) is 19.4 Å². The maximum Gasteiger partial charge on any atom is 0.195 e. The van der Waals surface area contributed by atoms with Gasteiger partial charge in [-0.25, -0.2) is 0 Å². The smallest absolute Gasteiger partial charge is 0.195 e. The second-order valence-corrected chi connectivity index (χ2v) is 8.18. The molecule has 168 valence electrons. The van der Waals surface area contributed by atoms with Crippen LogP contribution in [0.5, 0.6) is 11.5 Å². The number of hydrogen-bond donors (Lipinski definition) is 2. The molecule has 3 heterocycles. The summed E-state index contributed by atoms with van der Waals surface area (Å²) in [4.78, 5) is 7.44. The minimum Gasteiger partial charge on any atom is -0.490 e. The van der Waals surface area contributed by atoms with Crippen LogP contribution in [0.1, 0.15) is 31.9 Å². The molecule has 1 saturated heterocycles. The van der Waals surface area contributed by atoms with Crippen LogP contribution < -0.4 is 20.1 Å². The highest BCUT2D eigenvalue weighted by Gasteiger charge is 2.18. The zero-order valence-corrected chi connectivity index (χ0v) is 18.4. The van der Waals surface area contributed by atoms with Crippen molar-refractivity contribution >= 4 is 11.6 Å². The Bertz CT molecular complexity index is 837. The van der Waals surface area contributed by atoms with E-state index in [1.54, 1.807) is 6.26 Å². The van der Waals surface area contributed by atoms with E-state index in [2.05, 4.69) is 22.5 Å². The fraction of sp³-hybridized carbons (Fsp3) is 0.542. The lowest BCUT2D eigenvalue weighted by Gasteiger charge is -2.31. The highest BCUT2D eigenvalue weighted by atomic mass is 16.5. The molecular weight excluding hydrogens is 392 g/mol. The van der Waals surface area contributed by atoms with Crippen molar-refractivity contribution in [3.05, 3.63) is 42.4 Å². The van der Waals surface area contributed by atoms with Crippen LogP contribution in [0.4, 0.5) is 5.69 Å². The molecule has 31 heavy (non-hydrogen) atoms. The molecule has 0 aliphatic carbocycles. The summed E-state index contributed by atoms with van der Waals surface area (Å²) < 4.78 is 17.0. The van der Waals surface area contributed by atoms with Crippen LogP contribution in [0, 0.1) is 5.92 Å². The van der Waals surface area contributed by atoms with E-state index in [9.17, 15) is 0 Å². The Hall–Kier alpha value is -2.67. The third-order valence-electron chi connectivity index (χ3n) is 5.81. The van der Waals surface area contributed by atoms with Gasteiger partial charge in [-0.15, -0.1) is 0 Å². The molecule has 2 aliphatic heterocycles. The van der Waals surface area contributed by atoms with Crippen molar-refractivity contribution in [2.45, 2.75) is 32.6 Å². The zero-order chi connectivity index (χ0) is 21.3. The Balaban J connectivity index is 1.41. The van der Waals surface area contributed by atoms with Crippen LogP contribution >= 0.6 is 0 Å². The molecule has 4 rings (SSSR count). The maximum atomic E-state index is 5.84. The average molecular weight is 427 g/mol. The maximum absolute atomic E-state index is 5.84. The molecule has 0 amide bonds.